The summed E-state index contributed by atoms with van der Waals surface area (Å²) >= 11 is -1.43. The highest BCUT2D eigenvalue weighted by molar-refractivity contribution is 7.80. The molecule has 0 radical (unpaired) electrons. The number of benzene rings is 2. The molecule has 2 atom stereocenters. The molecule has 3 rings (SSSR count). The summed E-state index contributed by atoms with van der Waals surface area (Å²) in [6, 6.07) is 18.3. The summed E-state index contributed by atoms with van der Waals surface area (Å²) in [6.45, 7) is 4.91. The first-order valence-electron chi connectivity index (χ1n) is 9.12. The van der Waals surface area contributed by atoms with E-state index in [0.29, 0.717) is 6.61 Å². The third-order valence-corrected chi connectivity index (χ3v) is 6.12. The number of hydrogen-bond acceptors (Lipinski definition) is 2. The van der Waals surface area contributed by atoms with E-state index >= 15 is 0 Å². The van der Waals surface area contributed by atoms with Crippen molar-refractivity contribution in [2.75, 3.05) is 6.61 Å². The Bertz CT molecular complexity index is 767. The maximum atomic E-state index is 12.8. The quantitative estimate of drug-likeness (QED) is 0.682. The Morgan fingerprint density at radius 1 is 1.04 bits per heavy atom. The van der Waals surface area contributed by atoms with Gasteiger partial charge in [0.1, 0.15) is 0 Å². The zero-order chi connectivity index (χ0) is 17.7. The topological polar surface area (TPSA) is 26.3 Å². The molecule has 0 saturated heterocycles. The monoisotopic (exact) mass is 354 g/mol. The van der Waals surface area contributed by atoms with Crippen LogP contribution in [0.5, 0.6) is 0 Å². The van der Waals surface area contributed by atoms with Crippen LogP contribution in [0.2, 0.25) is 0 Å². The van der Waals surface area contributed by atoms with E-state index < -0.39 is 11.1 Å². The first kappa shape index (κ1) is 18.1. The molecule has 0 spiro atoms. The van der Waals surface area contributed by atoms with Crippen LogP contribution < -0.4 is 0 Å². The molecule has 2 aromatic rings. The lowest BCUT2D eigenvalue weighted by Crippen LogP contribution is -2.27. The molecule has 132 valence electrons. The van der Waals surface area contributed by atoms with Crippen LogP contribution in [0.15, 0.2) is 65.6 Å². The van der Waals surface area contributed by atoms with Crippen molar-refractivity contribution in [1.82, 2.24) is 0 Å². The van der Waals surface area contributed by atoms with Gasteiger partial charge in [0.25, 0.3) is 0 Å². The molecule has 3 heteroatoms. The SMILES string of the molecule is CCCCC1(CC)/C=C(/c2ccccc2)c2ccccc2S(=O)OC1. The summed E-state index contributed by atoms with van der Waals surface area (Å²) in [5.41, 5.74) is 3.28. The summed E-state index contributed by atoms with van der Waals surface area (Å²) in [5.74, 6) is 0. The van der Waals surface area contributed by atoms with Gasteiger partial charge < -0.3 is 0 Å². The molecule has 0 bridgehead atoms. The highest BCUT2D eigenvalue weighted by Crippen LogP contribution is 2.40. The number of hydrogen-bond donors (Lipinski definition) is 0. The van der Waals surface area contributed by atoms with E-state index in [9.17, 15) is 4.21 Å². The minimum Gasteiger partial charge on any atom is -0.286 e. The fourth-order valence-electron chi connectivity index (χ4n) is 3.41. The molecule has 25 heavy (non-hydrogen) atoms. The van der Waals surface area contributed by atoms with Crippen LogP contribution in [0.3, 0.4) is 0 Å². The Labute approximate surface area is 153 Å². The fourth-order valence-corrected chi connectivity index (χ4v) is 4.42. The molecule has 0 aromatic heterocycles. The third-order valence-electron chi connectivity index (χ3n) is 5.08. The smallest absolute Gasteiger partial charge is 0.189 e. The zero-order valence-corrected chi connectivity index (χ0v) is 15.9. The van der Waals surface area contributed by atoms with Crippen molar-refractivity contribution in [3.05, 3.63) is 71.8 Å². The van der Waals surface area contributed by atoms with E-state index in [2.05, 4.69) is 50.3 Å². The van der Waals surface area contributed by atoms with Crippen molar-refractivity contribution in [2.24, 2.45) is 5.41 Å². The molecular weight excluding hydrogens is 328 g/mol. The first-order valence-corrected chi connectivity index (χ1v) is 10.2. The van der Waals surface area contributed by atoms with E-state index in [0.717, 1.165) is 36.1 Å². The Hall–Kier alpha value is -1.71. The van der Waals surface area contributed by atoms with Gasteiger partial charge in [0.15, 0.2) is 11.1 Å². The van der Waals surface area contributed by atoms with Crippen molar-refractivity contribution < 1.29 is 8.39 Å². The van der Waals surface area contributed by atoms with Gasteiger partial charge in [-0.25, -0.2) is 4.21 Å². The minimum absolute atomic E-state index is 0.0790. The average Bonchev–Trinajstić information content (AvgIpc) is 2.67. The molecule has 1 aliphatic heterocycles. The van der Waals surface area contributed by atoms with Gasteiger partial charge in [0.2, 0.25) is 0 Å². The lowest BCUT2D eigenvalue weighted by atomic mass is 9.77. The molecule has 0 saturated carbocycles. The van der Waals surface area contributed by atoms with E-state index in [1.807, 2.05) is 24.3 Å². The van der Waals surface area contributed by atoms with E-state index in [1.54, 1.807) is 0 Å². The van der Waals surface area contributed by atoms with E-state index in [4.69, 9.17) is 4.18 Å². The Morgan fingerprint density at radius 3 is 2.48 bits per heavy atom. The zero-order valence-electron chi connectivity index (χ0n) is 15.0. The molecule has 2 nitrogen and oxygen atoms in total. The second-order valence-electron chi connectivity index (χ2n) is 6.74. The maximum absolute atomic E-state index is 12.8. The van der Waals surface area contributed by atoms with Crippen LogP contribution in [0, 0.1) is 5.41 Å². The third kappa shape index (κ3) is 3.94. The molecule has 0 aliphatic carbocycles. The van der Waals surface area contributed by atoms with Gasteiger partial charge in [-0.2, -0.15) is 0 Å². The molecular formula is C22H26O2S. The Balaban J connectivity index is 2.21. The van der Waals surface area contributed by atoms with Gasteiger partial charge in [-0.05, 0) is 30.0 Å². The molecule has 1 aliphatic rings. The number of fused-ring (bicyclic) bond motifs is 1. The Morgan fingerprint density at radius 2 is 1.76 bits per heavy atom. The normalized spacial score (nSPS) is 25.4. The van der Waals surface area contributed by atoms with Crippen LogP contribution in [0.1, 0.15) is 50.7 Å². The Kier molecular flexibility index (Phi) is 5.87. The predicted molar refractivity (Wildman–Crippen MR) is 105 cm³/mol. The molecule has 0 amide bonds. The van der Waals surface area contributed by atoms with Gasteiger partial charge in [-0.15, -0.1) is 0 Å². The van der Waals surface area contributed by atoms with Gasteiger partial charge in [-0.1, -0.05) is 81.3 Å². The highest BCUT2D eigenvalue weighted by Gasteiger charge is 2.31. The van der Waals surface area contributed by atoms with Crippen LogP contribution in [0.25, 0.3) is 5.57 Å². The van der Waals surface area contributed by atoms with Crippen molar-refractivity contribution in [3.63, 3.8) is 0 Å². The second kappa shape index (κ2) is 8.11. The summed E-state index contributed by atoms with van der Waals surface area (Å²) < 4.78 is 18.6. The molecule has 2 unspecified atom stereocenters. The van der Waals surface area contributed by atoms with Crippen LogP contribution in [0.4, 0.5) is 0 Å². The van der Waals surface area contributed by atoms with Gasteiger partial charge in [-0.3, -0.25) is 4.18 Å². The van der Waals surface area contributed by atoms with Crippen LogP contribution in [-0.2, 0) is 15.3 Å². The largest absolute Gasteiger partial charge is 0.286 e. The van der Waals surface area contributed by atoms with Crippen molar-refractivity contribution in [3.8, 4) is 0 Å². The van der Waals surface area contributed by atoms with Crippen LogP contribution in [-0.4, -0.2) is 10.8 Å². The summed E-state index contributed by atoms with van der Waals surface area (Å²) in [4.78, 5) is 0.762. The number of rotatable bonds is 5. The summed E-state index contributed by atoms with van der Waals surface area (Å²) in [7, 11) is 0. The van der Waals surface area contributed by atoms with Crippen molar-refractivity contribution in [2.45, 2.75) is 44.4 Å². The second-order valence-corrected chi connectivity index (χ2v) is 7.88. The van der Waals surface area contributed by atoms with Gasteiger partial charge in [0.05, 0.1) is 11.5 Å². The van der Waals surface area contributed by atoms with Crippen molar-refractivity contribution >= 4 is 16.7 Å². The standard InChI is InChI=1S/C22H26O2S/c1-3-5-15-22(4-2)16-20(18-11-7-6-8-12-18)19-13-9-10-14-21(19)25(23)24-17-22/h6-14,16H,3-5,15,17H2,1-2H3/b20-16-. The first-order chi connectivity index (χ1) is 12.2. The van der Waals surface area contributed by atoms with E-state index in [-0.39, 0.29) is 5.41 Å². The average molecular weight is 355 g/mol. The molecule has 2 aromatic carbocycles. The van der Waals surface area contributed by atoms with Gasteiger partial charge in [0, 0.05) is 11.0 Å². The summed E-state index contributed by atoms with van der Waals surface area (Å²) in [5, 5.41) is 0. The highest BCUT2D eigenvalue weighted by atomic mass is 32.2. The van der Waals surface area contributed by atoms with Crippen LogP contribution >= 0.6 is 0 Å². The summed E-state index contributed by atoms with van der Waals surface area (Å²) in [6.07, 6.45) is 6.70. The molecule has 1 heterocycles. The lowest BCUT2D eigenvalue weighted by Gasteiger charge is -2.32. The van der Waals surface area contributed by atoms with Gasteiger partial charge >= 0.3 is 0 Å². The predicted octanol–water partition coefficient (Wildman–Crippen LogP) is 5.76. The molecule has 0 fully saturated rings. The lowest BCUT2D eigenvalue weighted by molar-refractivity contribution is 0.185. The molecule has 0 N–H and O–H groups in total. The number of unbranched alkanes of at least 4 members (excludes halogenated alkanes) is 1. The maximum Gasteiger partial charge on any atom is 0.189 e. The van der Waals surface area contributed by atoms with Crippen molar-refractivity contribution in [1.29, 1.82) is 0 Å². The van der Waals surface area contributed by atoms with E-state index in [1.165, 1.54) is 11.1 Å². The fraction of sp³-hybridized carbons (Fsp3) is 0.364. The minimum atomic E-state index is -1.43.